The zero-order valence-corrected chi connectivity index (χ0v) is 22.3. The summed E-state index contributed by atoms with van der Waals surface area (Å²) in [6.45, 7) is 8.92. The summed E-state index contributed by atoms with van der Waals surface area (Å²) in [6.07, 6.45) is 3.47. The van der Waals surface area contributed by atoms with E-state index in [2.05, 4.69) is 29.0 Å². The van der Waals surface area contributed by atoms with Crippen molar-refractivity contribution >= 4 is 5.91 Å². The summed E-state index contributed by atoms with van der Waals surface area (Å²) < 4.78 is 11.7. The van der Waals surface area contributed by atoms with Crippen LogP contribution < -0.4 is 9.47 Å². The Hall–Kier alpha value is -4.33. The average molecular weight is 513 g/mol. The number of methoxy groups -OCH3 is 1. The maximum absolute atomic E-state index is 13.8. The summed E-state index contributed by atoms with van der Waals surface area (Å²) in [4.78, 5) is 19.8. The lowest BCUT2D eigenvalue weighted by molar-refractivity contribution is 0.0729. The quantitative estimate of drug-likeness (QED) is 0.320. The molecular weight excluding hydrogens is 480 g/mol. The number of rotatable bonds is 8. The van der Waals surface area contributed by atoms with Crippen LogP contribution in [0, 0.1) is 19.8 Å². The van der Waals surface area contributed by atoms with Crippen LogP contribution in [0.15, 0.2) is 54.9 Å². The van der Waals surface area contributed by atoms with Crippen molar-refractivity contribution in [3.8, 4) is 28.5 Å². The molecule has 2 aromatic carbocycles. The minimum absolute atomic E-state index is 0.150. The Morgan fingerprint density at radius 1 is 1.13 bits per heavy atom. The molecule has 1 amide bonds. The van der Waals surface area contributed by atoms with E-state index in [0.29, 0.717) is 47.5 Å². The second kappa shape index (κ2) is 10.2. The molecule has 1 unspecified atom stereocenters. The number of phenolic OH excluding ortho intramolecular Hbond substituents is 1. The van der Waals surface area contributed by atoms with E-state index in [1.54, 1.807) is 24.4 Å². The molecule has 0 bridgehead atoms. The van der Waals surface area contributed by atoms with Crippen molar-refractivity contribution in [1.82, 2.24) is 20.1 Å². The third-order valence-electron chi connectivity index (χ3n) is 6.72. The average Bonchev–Trinajstić information content (AvgIpc) is 3.44. The number of benzene rings is 2. The Bertz CT molecular complexity index is 1480. The van der Waals surface area contributed by atoms with Gasteiger partial charge in [0.05, 0.1) is 19.8 Å². The first-order valence-corrected chi connectivity index (χ1v) is 12.7. The number of aromatic nitrogens is 3. The van der Waals surface area contributed by atoms with Gasteiger partial charge in [-0.1, -0.05) is 32.0 Å². The van der Waals surface area contributed by atoms with Crippen LogP contribution in [0.3, 0.4) is 0 Å². The molecule has 38 heavy (non-hydrogen) atoms. The highest BCUT2D eigenvalue weighted by Crippen LogP contribution is 2.47. The van der Waals surface area contributed by atoms with E-state index in [-0.39, 0.29) is 11.7 Å². The number of H-pyrrole nitrogens is 1. The fraction of sp³-hybridized carbons (Fsp3) is 0.300. The summed E-state index contributed by atoms with van der Waals surface area (Å²) >= 11 is 0. The molecule has 0 saturated carbocycles. The summed E-state index contributed by atoms with van der Waals surface area (Å²) in [7, 11) is 1.61. The molecule has 1 atom stereocenters. The van der Waals surface area contributed by atoms with Crippen LogP contribution >= 0.6 is 0 Å². The number of hydrogen-bond donors (Lipinski definition) is 2. The number of carbonyl (C=O) groups excluding carboxylic acids is 1. The normalized spacial score (nSPS) is 14.7. The molecule has 8 nitrogen and oxygen atoms in total. The van der Waals surface area contributed by atoms with E-state index in [1.807, 2.05) is 56.3 Å². The van der Waals surface area contributed by atoms with Crippen molar-refractivity contribution in [1.29, 1.82) is 0 Å². The Morgan fingerprint density at radius 2 is 1.95 bits per heavy atom. The SMILES string of the molecule is COc1cc(C2c3c(-c4cc(C)cc(C)c4O)n[nH]c3C(=O)N2Cc2cccnc2)ccc1OCC(C)C. The highest BCUT2D eigenvalue weighted by atomic mass is 16.5. The van der Waals surface area contributed by atoms with E-state index in [9.17, 15) is 9.90 Å². The van der Waals surface area contributed by atoms with Crippen molar-refractivity contribution in [2.24, 2.45) is 5.92 Å². The summed E-state index contributed by atoms with van der Waals surface area (Å²) in [5.41, 5.74) is 5.76. The smallest absolute Gasteiger partial charge is 0.273 e. The predicted octanol–water partition coefficient (Wildman–Crippen LogP) is 5.58. The summed E-state index contributed by atoms with van der Waals surface area (Å²) in [5, 5.41) is 18.5. The van der Waals surface area contributed by atoms with Crippen LogP contribution in [0.4, 0.5) is 0 Å². The maximum atomic E-state index is 13.8. The molecule has 0 aliphatic carbocycles. The van der Waals surface area contributed by atoms with Crippen LogP contribution in [0.1, 0.15) is 58.2 Å². The maximum Gasteiger partial charge on any atom is 0.273 e. The monoisotopic (exact) mass is 512 g/mol. The topological polar surface area (TPSA) is 101 Å². The Kier molecular flexibility index (Phi) is 6.80. The molecule has 0 saturated heterocycles. The van der Waals surface area contributed by atoms with E-state index in [1.165, 1.54) is 0 Å². The number of carbonyl (C=O) groups is 1. The number of pyridine rings is 1. The van der Waals surface area contributed by atoms with Gasteiger partial charge in [-0.3, -0.25) is 14.9 Å². The zero-order valence-electron chi connectivity index (χ0n) is 22.3. The van der Waals surface area contributed by atoms with Crippen LogP contribution in [-0.4, -0.2) is 44.8 Å². The molecule has 0 spiro atoms. The lowest BCUT2D eigenvalue weighted by Crippen LogP contribution is -2.29. The van der Waals surface area contributed by atoms with E-state index in [4.69, 9.17) is 9.47 Å². The number of aromatic amines is 1. The van der Waals surface area contributed by atoms with Gasteiger partial charge in [0.25, 0.3) is 5.91 Å². The molecule has 2 N–H and O–H groups in total. The van der Waals surface area contributed by atoms with Crippen LogP contribution in [-0.2, 0) is 6.54 Å². The van der Waals surface area contributed by atoms with Gasteiger partial charge < -0.3 is 19.5 Å². The van der Waals surface area contributed by atoms with Gasteiger partial charge in [-0.05, 0) is 66.3 Å². The number of hydrogen-bond acceptors (Lipinski definition) is 6. The van der Waals surface area contributed by atoms with Gasteiger partial charge in [-0.25, -0.2) is 0 Å². The highest BCUT2D eigenvalue weighted by Gasteiger charge is 2.43. The molecule has 4 aromatic rings. The number of nitrogens with zero attached hydrogens (tertiary/aromatic N) is 3. The number of fused-ring (bicyclic) bond motifs is 1. The summed E-state index contributed by atoms with van der Waals surface area (Å²) in [5.74, 6) is 1.58. The van der Waals surface area contributed by atoms with Crippen molar-refractivity contribution in [3.63, 3.8) is 0 Å². The number of nitrogens with one attached hydrogen (secondary N) is 1. The van der Waals surface area contributed by atoms with Gasteiger partial charge in [-0.2, -0.15) is 5.10 Å². The molecule has 196 valence electrons. The van der Waals surface area contributed by atoms with Gasteiger partial charge in [0.15, 0.2) is 11.5 Å². The van der Waals surface area contributed by atoms with Crippen molar-refractivity contribution < 1.29 is 19.4 Å². The van der Waals surface area contributed by atoms with Crippen molar-refractivity contribution in [2.75, 3.05) is 13.7 Å². The van der Waals surface area contributed by atoms with E-state index >= 15 is 0 Å². The Morgan fingerprint density at radius 3 is 2.66 bits per heavy atom. The third-order valence-corrected chi connectivity index (χ3v) is 6.72. The zero-order chi connectivity index (χ0) is 27.0. The second-order valence-electron chi connectivity index (χ2n) is 10.2. The van der Waals surface area contributed by atoms with Crippen molar-refractivity contribution in [2.45, 2.75) is 40.3 Å². The number of aromatic hydroxyl groups is 1. The number of phenols is 1. The molecule has 0 radical (unpaired) electrons. The Labute approximate surface area is 222 Å². The number of aryl methyl sites for hydroxylation is 2. The molecule has 8 heteroatoms. The number of amides is 1. The standard InChI is InChI=1S/C30H32N4O4/c1-17(2)16-38-23-9-8-21(13-24(23)37-5)28-25-26(22-12-18(3)11-19(4)29(22)35)32-33-27(25)30(36)34(28)15-20-7-6-10-31-14-20/h6-14,17,28,35H,15-16H2,1-5H3,(H,32,33). The lowest BCUT2D eigenvalue weighted by Gasteiger charge is -2.27. The lowest BCUT2D eigenvalue weighted by atomic mass is 9.93. The van der Waals surface area contributed by atoms with Gasteiger partial charge in [0, 0.05) is 30.1 Å². The van der Waals surface area contributed by atoms with Gasteiger partial charge >= 0.3 is 0 Å². The van der Waals surface area contributed by atoms with Crippen LogP contribution in [0.5, 0.6) is 17.2 Å². The molecular formula is C30H32N4O4. The first kappa shape index (κ1) is 25.3. The van der Waals surface area contributed by atoms with Gasteiger partial charge in [-0.15, -0.1) is 0 Å². The van der Waals surface area contributed by atoms with E-state index in [0.717, 1.165) is 27.8 Å². The minimum Gasteiger partial charge on any atom is -0.507 e. The van der Waals surface area contributed by atoms with Crippen LogP contribution in [0.25, 0.3) is 11.3 Å². The highest BCUT2D eigenvalue weighted by molar-refractivity contribution is 6.00. The van der Waals surface area contributed by atoms with Crippen LogP contribution in [0.2, 0.25) is 0 Å². The molecule has 2 aromatic heterocycles. The van der Waals surface area contributed by atoms with Crippen molar-refractivity contribution in [3.05, 3.63) is 88.4 Å². The molecule has 5 rings (SSSR count). The molecule has 1 aliphatic heterocycles. The molecule has 1 aliphatic rings. The fourth-order valence-corrected chi connectivity index (χ4v) is 4.97. The van der Waals surface area contributed by atoms with E-state index < -0.39 is 6.04 Å². The van der Waals surface area contributed by atoms with Gasteiger partial charge in [0.2, 0.25) is 0 Å². The summed E-state index contributed by atoms with van der Waals surface area (Å²) in [6, 6.07) is 12.9. The second-order valence-corrected chi connectivity index (χ2v) is 10.2. The largest absolute Gasteiger partial charge is 0.507 e. The third kappa shape index (κ3) is 4.58. The molecule has 3 heterocycles. The molecule has 0 fully saturated rings. The number of ether oxygens (including phenoxy) is 2. The first-order valence-electron chi connectivity index (χ1n) is 12.7. The first-order chi connectivity index (χ1) is 18.3. The predicted molar refractivity (Wildman–Crippen MR) is 144 cm³/mol. The minimum atomic E-state index is -0.472. The fourth-order valence-electron chi connectivity index (χ4n) is 4.97. The van der Waals surface area contributed by atoms with Gasteiger partial charge in [0.1, 0.15) is 17.1 Å². The Balaban J connectivity index is 1.66.